The highest BCUT2D eigenvalue weighted by atomic mass is 35.5. The molecule has 2 amide bonds. The zero-order valence-electron chi connectivity index (χ0n) is 8.94. The SMILES string of the molecule is O=C1CCC(NC(=O)c2ccc(Cl)nn2)CN1. The number of hydrogen-bond acceptors (Lipinski definition) is 4. The van der Waals surface area contributed by atoms with E-state index in [0.29, 0.717) is 19.4 Å². The summed E-state index contributed by atoms with van der Waals surface area (Å²) in [6.45, 7) is 0.450. The number of hydrogen-bond donors (Lipinski definition) is 2. The van der Waals surface area contributed by atoms with Crippen molar-refractivity contribution in [2.24, 2.45) is 0 Å². The molecule has 1 unspecified atom stereocenters. The fourth-order valence-corrected chi connectivity index (χ4v) is 1.65. The molecule has 0 saturated carbocycles. The Morgan fingerprint density at radius 1 is 1.47 bits per heavy atom. The summed E-state index contributed by atoms with van der Waals surface area (Å²) >= 11 is 5.57. The lowest BCUT2D eigenvalue weighted by molar-refractivity contribution is -0.122. The summed E-state index contributed by atoms with van der Waals surface area (Å²) in [5, 5.41) is 13.0. The van der Waals surface area contributed by atoms with Crippen molar-refractivity contribution in [1.29, 1.82) is 0 Å². The van der Waals surface area contributed by atoms with Crippen molar-refractivity contribution < 1.29 is 9.59 Å². The first kappa shape index (κ1) is 11.8. The molecule has 0 aromatic carbocycles. The van der Waals surface area contributed by atoms with E-state index in [2.05, 4.69) is 20.8 Å². The van der Waals surface area contributed by atoms with Gasteiger partial charge in [-0.2, -0.15) is 0 Å². The fourth-order valence-electron chi connectivity index (χ4n) is 1.55. The molecule has 2 heterocycles. The topological polar surface area (TPSA) is 84.0 Å². The van der Waals surface area contributed by atoms with E-state index in [0.717, 1.165) is 0 Å². The van der Waals surface area contributed by atoms with Gasteiger partial charge in [0.25, 0.3) is 5.91 Å². The van der Waals surface area contributed by atoms with Crippen molar-refractivity contribution in [2.45, 2.75) is 18.9 Å². The maximum Gasteiger partial charge on any atom is 0.272 e. The van der Waals surface area contributed by atoms with Gasteiger partial charge >= 0.3 is 0 Å². The molecule has 0 bridgehead atoms. The average molecular weight is 255 g/mol. The number of carbonyl (C=O) groups excluding carboxylic acids is 2. The molecule has 1 aromatic heterocycles. The number of halogens is 1. The van der Waals surface area contributed by atoms with Crippen LogP contribution in [0.1, 0.15) is 23.3 Å². The van der Waals surface area contributed by atoms with Gasteiger partial charge in [0.15, 0.2) is 10.8 Å². The Balaban J connectivity index is 1.93. The van der Waals surface area contributed by atoms with Crippen LogP contribution in [0.3, 0.4) is 0 Å². The van der Waals surface area contributed by atoms with E-state index in [4.69, 9.17) is 11.6 Å². The van der Waals surface area contributed by atoms with Crippen molar-refractivity contribution in [3.8, 4) is 0 Å². The molecule has 1 aliphatic heterocycles. The maximum absolute atomic E-state index is 11.7. The largest absolute Gasteiger partial charge is 0.354 e. The van der Waals surface area contributed by atoms with Gasteiger partial charge in [0.1, 0.15) is 0 Å². The van der Waals surface area contributed by atoms with Gasteiger partial charge in [-0.1, -0.05) is 11.6 Å². The van der Waals surface area contributed by atoms with Gasteiger partial charge in [0.05, 0.1) is 0 Å². The minimum Gasteiger partial charge on any atom is -0.354 e. The summed E-state index contributed by atoms with van der Waals surface area (Å²) in [4.78, 5) is 22.7. The monoisotopic (exact) mass is 254 g/mol. The molecule has 2 N–H and O–H groups in total. The van der Waals surface area contributed by atoms with Crippen LogP contribution in [0.2, 0.25) is 5.15 Å². The summed E-state index contributed by atoms with van der Waals surface area (Å²) in [5.41, 5.74) is 0.214. The third kappa shape index (κ3) is 3.13. The molecule has 0 spiro atoms. The smallest absolute Gasteiger partial charge is 0.272 e. The fraction of sp³-hybridized carbons (Fsp3) is 0.400. The Morgan fingerprint density at radius 2 is 2.29 bits per heavy atom. The Hall–Kier alpha value is -1.69. The number of nitrogens with one attached hydrogen (secondary N) is 2. The number of rotatable bonds is 2. The van der Waals surface area contributed by atoms with E-state index in [1.165, 1.54) is 12.1 Å². The van der Waals surface area contributed by atoms with E-state index >= 15 is 0 Å². The zero-order valence-corrected chi connectivity index (χ0v) is 9.70. The standard InChI is InChI=1S/C10H11ClN4O2/c11-8-3-2-7(14-15-8)10(17)13-6-1-4-9(16)12-5-6/h2-3,6H,1,4-5H2,(H,12,16)(H,13,17). The predicted octanol–water partition coefficient (Wildman–Crippen LogP) is 0.138. The lowest BCUT2D eigenvalue weighted by Crippen LogP contribution is -2.47. The Morgan fingerprint density at radius 3 is 2.88 bits per heavy atom. The number of aromatic nitrogens is 2. The summed E-state index contributed by atoms with van der Waals surface area (Å²) < 4.78 is 0. The molecule has 1 fully saturated rings. The highest BCUT2D eigenvalue weighted by Crippen LogP contribution is 2.05. The van der Waals surface area contributed by atoms with E-state index in [9.17, 15) is 9.59 Å². The van der Waals surface area contributed by atoms with Gasteiger partial charge in [-0.25, -0.2) is 0 Å². The van der Waals surface area contributed by atoms with E-state index in [1.807, 2.05) is 0 Å². The van der Waals surface area contributed by atoms with Gasteiger partial charge in [0, 0.05) is 19.0 Å². The second kappa shape index (κ2) is 5.09. The second-order valence-electron chi connectivity index (χ2n) is 3.75. The number of piperidine rings is 1. The van der Waals surface area contributed by atoms with Crippen LogP contribution < -0.4 is 10.6 Å². The molecule has 1 saturated heterocycles. The van der Waals surface area contributed by atoms with Crippen LogP contribution in [-0.4, -0.2) is 34.6 Å². The predicted molar refractivity (Wildman–Crippen MR) is 60.5 cm³/mol. The molecule has 1 aromatic rings. The van der Waals surface area contributed by atoms with Gasteiger partial charge in [-0.3, -0.25) is 9.59 Å². The Kier molecular flexibility index (Phi) is 3.53. The molecule has 0 aliphatic carbocycles. The highest BCUT2D eigenvalue weighted by Gasteiger charge is 2.20. The molecular weight excluding hydrogens is 244 g/mol. The Bertz CT molecular complexity index is 424. The molecule has 1 atom stereocenters. The van der Waals surface area contributed by atoms with Crippen molar-refractivity contribution >= 4 is 23.4 Å². The lowest BCUT2D eigenvalue weighted by atomic mass is 10.1. The first-order chi connectivity index (χ1) is 8.15. The molecule has 2 rings (SSSR count). The average Bonchev–Trinajstić information content (AvgIpc) is 2.33. The summed E-state index contributed by atoms with van der Waals surface area (Å²) in [6.07, 6.45) is 1.07. The van der Waals surface area contributed by atoms with E-state index < -0.39 is 0 Å². The first-order valence-corrected chi connectivity index (χ1v) is 5.60. The van der Waals surface area contributed by atoms with Crippen LogP contribution in [-0.2, 0) is 4.79 Å². The molecule has 17 heavy (non-hydrogen) atoms. The minimum atomic E-state index is -0.310. The second-order valence-corrected chi connectivity index (χ2v) is 4.14. The normalized spacial score (nSPS) is 19.6. The molecule has 1 aliphatic rings. The van der Waals surface area contributed by atoms with Crippen LogP contribution >= 0.6 is 11.6 Å². The molecule has 90 valence electrons. The zero-order chi connectivity index (χ0) is 12.3. The Labute approximate surface area is 103 Å². The number of amides is 2. The molecule has 0 radical (unpaired) electrons. The van der Waals surface area contributed by atoms with E-state index in [-0.39, 0.29) is 28.7 Å². The van der Waals surface area contributed by atoms with Crippen molar-refractivity contribution in [3.63, 3.8) is 0 Å². The molecule has 6 nitrogen and oxygen atoms in total. The van der Waals surface area contributed by atoms with Crippen molar-refractivity contribution in [1.82, 2.24) is 20.8 Å². The lowest BCUT2D eigenvalue weighted by Gasteiger charge is -2.23. The van der Waals surface area contributed by atoms with Gasteiger partial charge < -0.3 is 10.6 Å². The summed E-state index contributed by atoms with van der Waals surface area (Å²) in [6, 6.07) is 2.95. The maximum atomic E-state index is 11.7. The van der Waals surface area contributed by atoms with E-state index in [1.54, 1.807) is 0 Å². The van der Waals surface area contributed by atoms with Crippen molar-refractivity contribution in [3.05, 3.63) is 23.0 Å². The highest BCUT2D eigenvalue weighted by molar-refractivity contribution is 6.29. The van der Waals surface area contributed by atoms with Crippen LogP contribution in [0.15, 0.2) is 12.1 Å². The number of nitrogens with zero attached hydrogens (tertiary/aromatic N) is 2. The number of carbonyl (C=O) groups is 2. The third-order valence-electron chi connectivity index (χ3n) is 2.47. The van der Waals surface area contributed by atoms with Gasteiger partial charge in [0.2, 0.25) is 5.91 Å². The van der Waals surface area contributed by atoms with Crippen LogP contribution in [0.4, 0.5) is 0 Å². The van der Waals surface area contributed by atoms with Crippen LogP contribution in [0.25, 0.3) is 0 Å². The third-order valence-corrected chi connectivity index (χ3v) is 2.67. The molecule has 7 heteroatoms. The van der Waals surface area contributed by atoms with Gasteiger partial charge in [-0.15, -0.1) is 10.2 Å². The summed E-state index contributed by atoms with van der Waals surface area (Å²) in [7, 11) is 0. The van der Waals surface area contributed by atoms with Gasteiger partial charge in [-0.05, 0) is 18.6 Å². The quantitative estimate of drug-likeness (QED) is 0.786. The summed E-state index contributed by atoms with van der Waals surface area (Å²) in [5.74, 6) is -0.294. The first-order valence-electron chi connectivity index (χ1n) is 5.22. The van der Waals surface area contributed by atoms with Crippen LogP contribution in [0.5, 0.6) is 0 Å². The van der Waals surface area contributed by atoms with Crippen molar-refractivity contribution in [2.75, 3.05) is 6.54 Å². The van der Waals surface area contributed by atoms with Crippen LogP contribution in [0, 0.1) is 0 Å². The molecular formula is C10H11ClN4O2. The minimum absolute atomic E-state index is 0.0155.